The molecule has 1 heterocycles. The summed E-state index contributed by atoms with van der Waals surface area (Å²) in [4.78, 5) is 11.8. The molecule has 3 heteroatoms. The van der Waals surface area contributed by atoms with Gasteiger partial charge in [-0.3, -0.25) is 4.79 Å². The van der Waals surface area contributed by atoms with Crippen molar-refractivity contribution in [2.24, 2.45) is 23.7 Å². The van der Waals surface area contributed by atoms with Crippen molar-refractivity contribution >= 4 is 5.97 Å². The van der Waals surface area contributed by atoms with E-state index in [0.29, 0.717) is 29.8 Å². The number of hydrogen-bond donors (Lipinski definition) is 0. The van der Waals surface area contributed by atoms with Gasteiger partial charge in [-0.1, -0.05) is 25.5 Å². The van der Waals surface area contributed by atoms with Crippen LogP contribution in [0.2, 0.25) is 0 Å². The largest absolute Gasteiger partial charge is 0.459 e. The summed E-state index contributed by atoms with van der Waals surface area (Å²) in [5.74, 6) is 2.06. The normalized spacial score (nSPS) is 44.4. The summed E-state index contributed by atoms with van der Waals surface area (Å²) >= 11 is 0. The lowest BCUT2D eigenvalue weighted by molar-refractivity contribution is -0.172. The third kappa shape index (κ3) is 3.82. The molecule has 0 aromatic carbocycles. The lowest BCUT2D eigenvalue weighted by atomic mass is 9.59. The molecule has 1 aliphatic heterocycles. The monoisotopic (exact) mass is 348 g/mol. The molecule has 0 aromatic rings. The highest BCUT2D eigenvalue weighted by atomic mass is 16.6. The maximum atomic E-state index is 11.8. The number of fused-ring (bicyclic) bond motifs is 2. The maximum Gasteiger partial charge on any atom is 0.303 e. The molecule has 0 amide bonds. The number of esters is 1. The third-order valence-electron chi connectivity index (χ3n) is 7.22. The summed E-state index contributed by atoms with van der Waals surface area (Å²) in [7, 11) is 0. The van der Waals surface area contributed by atoms with E-state index in [9.17, 15) is 4.79 Å². The Kier molecular flexibility index (Phi) is 5.09. The Morgan fingerprint density at radius 1 is 1.24 bits per heavy atom. The molecular formula is C22H36O3. The topological polar surface area (TPSA) is 38.8 Å². The van der Waals surface area contributed by atoms with Crippen molar-refractivity contribution in [2.75, 3.05) is 0 Å². The number of hydrogen-bond acceptors (Lipinski definition) is 3. The second-order valence-electron chi connectivity index (χ2n) is 9.55. The fraction of sp³-hybridized carbons (Fsp3) is 0.864. The zero-order valence-electron chi connectivity index (χ0n) is 16.9. The number of rotatable bonds is 2. The van der Waals surface area contributed by atoms with E-state index in [1.807, 2.05) is 0 Å². The van der Waals surface area contributed by atoms with Gasteiger partial charge in [0, 0.05) is 12.8 Å². The highest BCUT2D eigenvalue weighted by molar-refractivity contribution is 5.66. The third-order valence-corrected chi connectivity index (χ3v) is 7.22. The molecule has 0 spiro atoms. The van der Waals surface area contributed by atoms with E-state index in [1.165, 1.54) is 5.57 Å². The molecule has 0 aromatic heterocycles. The highest BCUT2D eigenvalue weighted by Gasteiger charge is 2.54. The molecule has 2 fully saturated rings. The highest BCUT2D eigenvalue weighted by Crippen LogP contribution is 2.53. The number of ether oxygens (including phenoxy) is 2. The van der Waals surface area contributed by atoms with Crippen molar-refractivity contribution in [1.29, 1.82) is 0 Å². The molecule has 6 unspecified atom stereocenters. The van der Waals surface area contributed by atoms with Crippen LogP contribution in [0, 0.1) is 23.7 Å². The van der Waals surface area contributed by atoms with Gasteiger partial charge in [-0.05, 0) is 77.0 Å². The summed E-state index contributed by atoms with van der Waals surface area (Å²) in [6.07, 6.45) is 9.48. The van der Waals surface area contributed by atoms with Gasteiger partial charge in [-0.15, -0.1) is 0 Å². The number of allylic oxidation sites excluding steroid dienone is 2. The molecule has 6 atom stereocenters. The van der Waals surface area contributed by atoms with Gasteiger partial charge >= 0.3 is 5.97 Å². The minimum atomic E-state index is -0.349. The molecule has 0 bridgehead atoms. The van der Waals surface area contributed by atoms with E-state index >= 15 is 0 Å². The van der Waals surface area contributed by atoms with Crippen LogP contribution in [0.1, 0.15) is 80.1 Å². The minimum Gasteiger partial charge on any atom is -0.459 e. The quantitative estimate of drug-likeness (QED) is 0.387. The first-order chi connectivity index (χ1) is 11.6. The van der Waals surface area contributed by atoms with Crippen molar-refractivity contribution in [3.8, 4) is 0 Å². The van der Waals surface area contributed by atoms with Crippen LogP contribution in [0.15, 0.2) is 11.6 Å². The summed E-state index contributed by atoms with van der Waals surface area (Å²) < 4.78 is 12.0. The zero-order chi connectivity index (χ0) is 18.4. The molecule has 3 aliphatic rings. The molecule has 1 saturated carbocycles. The van der Waals surface area contributed by atoms with Crippen LogP contribution >= 0.6 is 0 Å². The first kappa shape index (κ1) is 18.9. The number of carbonyl (C=O) groups excluding carboxylic acids is 1. The Balaban J connectivity index is 1.96. The molecule has 1 saturated heterocycles. The van der Waals surface area contributed by atoms with Crippen LogP contribution in [-0.2, 0) is 14.3 Å². The van der Waals surface area contributed by atoms with Crippen LogP contribution in [0.4, 0.5) is 0 Å². The van der Waals surface area contributed by atoms with Crippen LogP contribution in [0.3, 0.4) is 0 Å². The van der Waals surface area contributed by atoms with Crippen LogP contribution < -0.4 is 0 Å². The van der Waals surface area contributed by atoms with Gasteiger partial charge in [0.2, 0.25) is 0 Å². The number of carbonyl (C=O) groups is 1. The predicted octanol–water partition coefficient (Wildman–Crippen LogP) is 5.28. The van der Waals surface area contributed by atoms with E-state index in [2.05, 4.69) is 40.7 Å². The molecule has 3 rings (SSSR count). The molecule has 2 aliphatic carbocycles. The van der Waals surface area contributed by atoms with Crippen molar-refractivity contribution in [1.82, 2.24) is 0 Å². The van der Waals surface area contributed by atoms with E-state index < -0.39 is 0 Å². The minimum absolute atomic E-state index is 0.0457. The first-order valence-corrected chi connectivity index (χ1v) is 10.2. The molecule has 0 radical (unpaired) electrons. The van der Waals surface area contributed by atoms with Gasteiger partial charge < -0.3 is 9.47 Å². The summed E-state index contributed by atoms with van der Waals surface area (Å²) in [5.41, 5.74) is 1.18. The second-order valence-corrected chi connectivity index (χ2v) is 9.55. The van der Waals surface area contributed by atoms with E-state index in [4.69, 9.17) is 9.47 Å². The molecular weight excluding hydrogens is 312 g/mol. The molecule has 0 N–H and O–H groups in total. The van der Waals surface area contributed by atoms with Gasteiger partial charge in [0.25, 0.3) is 0 Å². The van der Waals surface area contributed by atoms with Crippen LogP contribution in [-0.4, -0.2) is 23.3 Å². The summed E-state index contributed by atoms with van der Waals surface area (Å²) in [5, 5.41) is 0. The fourth-order valence-corrected chi connectivity index (χ4v) is 5.59. The average Bonchev–Trinajstić information content (AvgIpc) is 3.14. The number of epoxide rings is 1. The fourth-order valence-electron chi connectivity index (χ4n) is 5.59. The van der Waals surface area contributed by atoms with Gasteiger partial charge in [0.05, 0.1) is 11.7 Å². The van der Waals surface area contributed by atoms with Gasteiger partial charge in [0.1, 0.15) is 5.60 Å². The van der Waals surface area contributed by atoms with E-state index in [-0.39, 0.29) is 17.2 Å². The molecule has 3 nitrogen and oxygen atoms in total. The lowest BCUT2D eigenvalue weighted by Gasteiger charge is -2.50. The van der Waals surface area contributed by atoms with Gasteiger partial charge in [0.15, 0.2) is 0 Å². The summed E-state index contributed by atoms with van der Waals surface area (Å²) in [6, 6.07) is 0. The Morgan fingerprint density at radius 3 is 2.60 bits per heavy atom. The van der Waals surface area contributed by atoms with Crippen LogP contribution in [0.25, 0.3) is 0 Å². The van der Waals surface area contributed by atoms with Crippen molar-refractivity contribution in [3.05, 3.63) is 11.6 Å². The predicted molar refractivity (Wildman–Crippen MR) is 100 cm³/mol. The Bertz CT molecular complexity index is 551. The van der Waals surface area contributed by atoms with Crippen molar-refractivity contribution < 1.29 is 14.3 Å². The summed E-state index contributed by atoms with van der Waals surface area (Å²) in [6.45, 7) is 13.0. The lowest BCUT2D eigenvalue weighted by Crippen LogP contribution is -2.50. The SMILES string of the molecule is CC(=O)OC1(C)CCC(C(C)C)C2C=C(C)CCC3OC3(C)CCC21. The molecule has 142 valence electrons. The van der Waals surface area contributed by atoms with Gasteiger partial charge in [-0.2, -0.15) is 0 Å². The average molecular weight is 349 g/mol. The Morgan fingerprint density at radius 2 is 1.96 bits per heavy atom. The smallest absolute Gasteiger partial charge is 0.303 e. The Hall–Kier alpha value is -0.830. The van der Waals surface area contributed by atoms with E-state index in [0.717, 1.165) is 38.5 Å². The second kappa shape index (κ2) is 6.72. The Labute approximate surface area is 153 Å². The molecule has 25 heavy (non-hydrogen) atoms. The van der Waals surface area contributed by atoms with E-state index in [1.54, 1.807) is 6.92 Å². The maximum absolute atomic E-state index is 11.8. The van der Waals surface area contributed by atoms with Gasteiger partial charge in [-0.25, -0.2) is 0 Å². The first-order valence-electron chi connectivity index (χ1n) is 10.2. The van der Waals surface area contributed by atoms with Crippen molar-refractivity contribution in [2.45, 2.75) is 97.4 Å². The van der Waals surface area contributed by atoms with Crippen molar-refractivity contribution in [3.63, 3.8) is 0 Å². The zero-order valence-corrected chi connectivity index (χ0v) is 16.9. The van der Waals surface area contributed by atoms with Crippen LogP contribution in [0.5, 0.6) is 0 Å². The standard InChI is InChI=1S/C22H36O3/c1-14(2)17-9-11-21(5,24-16(4)23)19-10-12-22(6)20(25-22)8-7-15(3)13-18(17)19/h13-14,17-20H,7-12H2,1-6H3.